The van der Waals surface area contributed by atoms with E-state index in [2.05, 4.69) is 23.3 Å². The predicted molar refractivity (Wildman–Crippen MR) is 232 cm³/mol. The monoisotopic (exact) mass is 852 g/mol. The third-order valence-electron chi connectivity index (χ3n) is 11.7. The predicted octanol–water partition coefficient (Wildman–Crippen LogP) is 9.39. The number of aliphatic hydroxyl groups is 4. The molecule has 0 bridgehead atoms. The van der Waals surface area contributed by atoms with Crippen molar-refractivity contribution >= 4 is 16.3 Å². The van der Waals surface area contributed by atoms with Crippen LogP contribution >= 0.6 is 0 Å². The summed E-state index contributed by atoms with van der Waals surface area (Å²) in [5.74, 6) is -0.228. The maximum absolute atomic E-state index is 13.0. The molecular formula is C45H89NO11S. The molecule has 1 heterocycles. The minimum Gasteiger partial charge on any atom is -0.394 e. The first-order valence-corrected chi connectivity index (χ1v) is 25.3. The molecule has 12 nitrogen and oxygen atoms in total. The molecule has 58 heavy (non-hydrogen) atoms. The Hall–Kier alpha value is -0.900. The number of hydrogen-bond donors (Lipinski definition) is 6. The number of unbranched alkanes of at least 4 members (excludes halogenated alkanes) is 29. The second-order valence-corrected chi connectivity index (χ2v) is 18.1. The number of amides is 1. The highest BCUT2D eigenvalue weighted by Gasteiger charge is 2.48. The van der Waals surface area contributed by atoms with Crippen LogP contribution in [0.4, 0.5) is 0 Å². The highest BCUT2D eigenvalue weighted by molar-refractivity contribution is 7.80. The molecule has 1 aliphatic rings. The van der Waals surface area contributed by atoms with E-state index < -0.39 is 59.9 Å². The van der Waals surface area contributed by atoms with Crippen LogP contribution in [-0.2, 0) is 28.9 Å². The molecule has 1 amide bonds. The van der Waals surface area contributed by atoms with Crippen LogP contribution in [0.1, 0.15) is 226 Å². The highest BCUT2D eigenvalue weighted by atomic mass is 32.3. The van der Waals surface area contributed by atoms with Crippen molar-refractivity contribution < 1.29 is 51.8 Å². The molecule has 13 heteroatoms. The lowest BCUT2D eigenvalue weighted by Gasteiger charge is -2.41. The number of nitrogens with one attached hydrogen (secondary N) is 1. The lowest BCUT2D eigenvalue weighted by Crippen LogP contribution is -2.61. The minimum atomic E-state index is -5.07. The summed E-state index contributed by atoms with van der Waals surface area (Å²) >= 11 is 0. The molecule has 0 aromatic rings. The van der Waals surface area contributed by atoms with Crippen molar-refractivity contribution in [1.29, 1.82) is 0 Å². The molecule has 0 aromatic carbocycles. The third kappa shape index (κ3) is 29.4. The first-order chi connectivity index (χ1) is 28.0. The van der Waals surface area contributed by atoms with Gasteiger partial charge in [-0.3, -0.25) is 9.35 Å². The SMILES string of the molecule is CCCCCCCCCCCCCCCCCCCCCCCCC(=O)NC(COC1OC(CO)C(O)C(OS(=O)(=O)O)C1O)C(O)CCCCCCCCCCC. The second kappa shape index (κ2) is 36.7. The summed E-state index contributed by atoms with van der Waals surface area (Å²) in [4.78, 5) is 13.0. The van der Waals surface area contributed by atoms with E-state index in [1.807, 2.05) is 0 Å². The Kier molecular flexibility index (Phi) is 34.9. The van der Waals surface area contributed by atoms with Crippen LogP contribution in [0.25, 0.3) is 0 Å². The van der Waals surface area contributed by atoms with Crippen molar-refractivity contribution in [3.05, 3.63) is 0 Å². The number of carbonyl (C=O) groups is 1. The Bertz CT molecular complexity index is 1050. The molecule has 7 atom stereocenters. The van der Waals surface area contributed by atoms with Crippen molar-refractivity contribution in [1.82, 2.24) is 5.32 Å². The number of carbonyl (C=O) groups excluding carboxylic acids is 1. The Morgan fingerprint density at radius 1 is 0.621 bits per heavy atom. The maximum atomic E-state index is 13.0. The van der Waals surface area contributed by atoms with E-state index in [0.29, 0.717) is 12.8 Å². The molecule has 1 fully saturated rings. The van der Waals surface area contributed by atoms with Crippen molar-refractivity contribution in [3.63, 3.8) is 0 Å². The summed E-state index contributed by atoms with van der Waals surface area (Å²) in [5, 5.41) is 44.7. The van der Waals surface area contributed by atoms with Gasteiger partial charge in [-0.05, 0) is 12.8 Å². The number of aliphatic hydroxyl groups excluding tert-OH is 4. The van der Waals surface area contributed by atoms with Crippen molar-refractivity contribution in [2.75, 3.05) is 13.2 Å². The molecule has 1 rings (SSSR count). The molecule has 1 saturated heterocycles. The molecule has 0 spiro atoms. The lowest BCUT2D eigenvalue weighted by molar-refractivity contribution is -0.298. The Labute approximate surface area is 354 Å². The van der Waals surface area contributed by atoms with Crippen LogP contribution in [0.5, 0.6) is 0 Å². The van der Waals surface area contributed by atoms with E-state index in [1.54, 1.807) is 0 Å². The molecule has 346 valence electrons. The van der Waals surface area contributed by atoms with Gasteiger partial charge < -0.3 is 35.2 Å². The molecule has 0 saturated carbocycles. The summed E-state index contributed by atoms with van der Waals surface area (Å²) in [6, 6.07) is -0.850. The number of hydrogen-bond acceptors (Lipinski definition) is 10. The van der Waals surface area contributed by atoms with Gasteiger partial charge >= 0.3 is 10.4 Å². The Morgan fingerprint density at radius 3 is 1.38 bits per heavy atom. The zero-order valence-corrected chi connectivity index (χ0v) is 37.7. The van der Waals surface area contributed by atoms with Crippen molar-refractivity contribution in [2.45, 2.75) is 269 Å². The minimum absolute atomic E-state index is 0.228. The summed E-state index contributed by atoms with van der Waals surface area (Å²) in [5.41, 5.74) is 0. The van der Waals surface area contributed by atoms with Gasteiger partial charge in [0.05, 0.1) is 25.4 Å². The molecule has 0 radical (unpaired) electrons. The second-order valence-electron chi connectivity index (χ2n) is 17.1. The Morgan fingerprint density at radius 2 is 1.00 bits per heavy atom. The van der Waals surface area contributed by atoms with E-state index in [9.17, 15) is 33.6 Å². The third-order valence-corrected chi connectivity index (χ3v) is 12.1. The maximum Gasteiger partial charge on any atom is 0.397 e. The van der Waals surface area contributed by atoms with Crippen LogP contribution in [0, 0.1) is 0 Å². The summed E-state index contributed by atoms with van der Waals surface area (Å²) in [6.07, 6.45) is 29.8. The molecule has 0 aliphatic carbocycles. The van der Waals surface area contributed by atoms with E-state index in [4.69, 9.17) is 14.0 Å². The Balaban J connectivity index is 2.35. The first-order valence-electron chi connectivity index (χ1n) is 23.9. The van der Waals surface area contributed by atoms with Gasteiger partial charge in [-0.2, -0.15) is 8.42 Å². The van der Waals surface area contributed by atoms with E-state index >= 15 is 0 Å². The van der Waals surface area contributed by atoms with Gasteiger partial charge in [0.15, 0.2) is 6.29 Å². The standard InChI is InChI=1S/C45H89NO11S/c1-3-5-7-9-11-13-14-15-16-17-18-19-20-21-22-23-24-25-27-29-31-33-35-41(49)46-38(39(48)34-32-30-28-26-12-10-8-6-4-2)37-55-45-43(51)44(57-58(52,53)54)42(50)40(36-47)56-45/h38-40,42-45,47-48,50-51H,3-37H2,1-2H3,(H,46,49)(H,52,53,54). The van der Waals surface area contributed by atoms with E-state index in [1.165, 1.54) is 148 Å². The van der Waals surface area contributed by atoms with Gasteiger partial charge in [0.2, 0.25) is 5.91 Å². The first kappa shape index (κ1) is 55.1. The van der Waals surface area contributed by atoms with Gasteiger partial charge in [-0.1, -0.05) is 206 Å². The highest BCUT2D eigenvalue weighted by Crippen LogP contribution is 2.26. The van der Waals surface area contributed by atoms with E-state index in [0.717, 1.165) is 51.4 Å². The number of rotatable bonds is 41. The fourth-order valence-electron chi connectivity index (χ4n) is 7.93. The van der Waals surface area contributed by atoms with Gasteiger partial charge in [-0.25, -0.2) is 4.18 Å². The summed E-state index contributed by atoms with van der Waals surface area (Å²) < 4.78 is 47.6. The van der Waals surface area contributed by atoms with Crippen LogP contribution < -0.4 is 5.32 Å². The van der Waals surface area contributed by atoms with Gasteiger partial charge in [0.1, 0.15) is 24.4 Å². The fourth-order valence-corrected chi connectivity index (χ4v) is 8.44. The molecule has 7 unspecified atom stereocenters. The van der Waals surface area contributed by atoms with Crippen molar-refractivity contribution in [3.8, 4) is 0 Å². The summed E-state index contributed by atoms with van der Waals surface area (Å²) in [6.45, 7) is 3.43. The van der Waals surface area contributed by atoms with Crippen molar-refractivity contribution in [2.24, 2.45) is 0 Å². The fraction of sp³-hybridized carbons (Fsp3) is 0.978. The topological polar surface area (TPSA) is 192 Å². The van der Waals surface area contributed by atoms with Crippen LogP contribution in [0.15, 0.2) is 0 Å². The van der Waals surface area contributed by atoms with Gasteiger partial charge in [0.25, 0.3) is 0 Å². The largest absolute Gasteiger partial charge is 0.397 e. The van der Waals surface area contributed by atoms with Crippen LogP contribution in [0.3, 0.4) is 0 Å². The average Bonchev–Trinajstić information content (AvgIpc) is 3.19. The smallest absolute Gasteiger partial charge is 0.394 e. The summed E-state index contributed by atoms with van der Waals surface area (Å²) in [7, 11) is -5.07. The molecule has 6 N–H and O–H groups in total. The molecular weight excluding hydrogens is 763 g/mol. The van der Waals surface area contributed by atoms with Crippen LogP contribution in [0.2, 0.25) is 0 Å². The normalized spacial score (nSPS) is 21.0. The molecule has 1 aliphatic heterocycles. The van der Waals surface area contributed by atoms with Gasteiger partial charge in [0, 0.05) is 6.42 Å². The lowest BCUT2D eigenvalue weighted by atomic mass is 9.99. The van der Waals surface area contributed by atoms with E-state index in [-0.39, 0.29) is 12.5 Å². The van der Waals surface area contributed by atoms with Crippen LogP contribution in [-0.4, -0.2) is 95.4 Å². The van der Waals surface area contributed by atoms with Gasteiger partial charge in [-0.15, -0.1) is 0 Å². The quantitative estimate of drug-likeness (QED) is 0.0254. The molecule has 0 aromatic heterocycles. The number of ether oxygens (including phenoxy) is 2. The average molecular weight is 852 g/mol. The zero-order chi connectivity index (χ0) is 42.7. The zero-order valence-electron chi connectivity index (χ0n) is 36.9.